The average Bonchev–Trinajstić information content (AvgIpc) is 2.81. The standard InChI is InChI=1S/C14H12BrFN4S/c1-8-5-13-18-19-14(20(13)9(2)17-8)21-7-10-3-4-11(15)6-12(10)16/h3-6H,7H2,1-2H3. The van der Waals surface area contributed by atoms with Crippen LogP contribution in [-0.2, 0) is 5.75 Å². The lowest BCUT2D eigenvalue weighted by Gasteiger charge is -2.05. The van der Waals surface area contributed by atoms with Crippen molar-refractivity contribution in [2.75, 3.05) is 0 Å². The summed E-state index contributed by atoms with van der Waals surface area (Å²) in [5.41, 5.74) is 2.30. The van der Waals surface area contributed by atoms with E-state index < -0.39 is 0 Å². The van der Waals surface area contributed by atoms with E-state index in [-0.39, 0.29) is 5.82 Å². The first-order chi connectivity index (χ1) is 10.0. The van der Waals surface area contributed by atoms with Crippen molar-refractivity contribution in [3.8, 4) is 0 Å². The van der Waals surface area contributed by atoms with Crippen molar-refractivity contribution in [3.63, 3.8) is 0 Å². The van der Waals surface area contributed by atoms with Crippen LogP contribution in [0.4, 0.5) is 4.39 Å². The fraction of sp³-hybridized carbons (Fsp3) is 0.214. The fourth-order valence-corrected chi connectivity index (χ4v) is 3.38. The molecular weight excluding hydrogens is 355 g/mol. The molecule has 0 unspecified atom stereocenters. The first-order valence-electron chi connectivity index (χ1n) is 6.30. The number of hydrogen-bond acceptors (Lipinski definition) is 4. The highest BCUT2D eigenvalue weighted by Crippen LogP contribution is 2.25. The number of halogens is 2. The smallest absolute Gasteiger partial charge is 0.197 e. The molecule has 0 amide bonds. The van der Waals surface area contributed by atoms with Gasteiger partial charge >= 0.3 is 0 Å². The summed E-state index contributed by atoms with van der Waals surface area (Å²) < 4.78 is 16.4. The minimum atomic E-state index is -0.226. The molecular formula is C14H12BrFN4S. The van der Waals surface area contributed by atoms with E-state index in [9.17, 15) is 4.39 Å². The van der Waals surface area contributed by atoms with Crippen molar-refractivity contribution < 1.29 is 4.39 Å². The van der Waals surface area contributed by atoms with E-state index in [4.69, 9.17) is 0 Å². The Kier molecular flexibility index (Phi) is 3.95. The molecule has 0 spiro atoms. The van der Waals surface area contributed by atoms with Crippen molar-refractivity contribution >= 4 is 33.3 Å². The van der Waals surface area contributed by atoms with Gasteiger partial charge in [-0.2, -0.15) is 0 Å². The van der Waals surface area contributed by atoms with Gasteiger partial charge in [-0.3, -0.25) is 4.40 Å². The zero-order chi connectivity index (χ0) is 15.0. The third kappa shape index (κ3) is 2.94. The van der Waals surface area contributed by atoms with Crippen LogP contribution in [0.25, 0.3) is 5.65 Å². The van der Waals surface area contributed by atoms with E-state index in [1.807, 2.05) is 30.4 Å². The van der Waals surface area contributed by atoms with Crippen molar-refractivity contribution in [2.45, 2.75) is 24.8 Å². The zero-order valence-corrected chi connectivity index (χ0v) is 13.9. The predicted molar refractivity (Wildman–Crippen MR) is 83.9 cm³/mol. The Balaban J connectivity index is 1.89. The first kappa shape index (κ1) is 14.5. The molecule has 0 aliphatic rings. The van der Waals surface area contributed by atoms with Crippen LogP contribution in [0.15, 0.2) is 33.9 Å². The van der Waals surface area contributed by atoms with E-state index in [0.717, 1.165) is 26.8 Å². The molecule has 2 heterocycles. The minimum absolute atomic E-state index is 0.226. The summed E-state index contributed by atoms with van der Waals surface area (Å²) in [4.78, 5) is 4.41. The van der Waals surface area contributed by atoms with Crippen molar-refractivity contribution in [1.29, 1.82) is 0 Å². The Morgan fingerprint density at radius 3 is 2.81 bits per heavy atom. The Morgan fingerprint density at radius 2 is 2.05 bits per heavy atom. The number of benzene rings is 1. The van der Waals surface area contributed by atoms with Gasteiger partial charge in [0.1, 0.15) is 11.6 Å². The third-order valence-electron chi connectivity index (χ3n) is 3.03. The molecule has 2 aromatic heterocycles. The van der Waals surface area contributed by atoms with Gasteiger partial charge in [-0.25, -0.2) is 9.37 Å². The van der Waals surface area contributed by atoms with Crippen molar-refractivity contribution in [1.82, 2.24) is 19.6 Å². The highest BCUT2D eigenvalue weighted by Gasteiger charge is 2.11. The normalized spacial score (nSPS) is 11.2. The maximum atomic E-state index is 13.8. The second-order valence-electron chi connectivity index (χ2n) is 4.65. The number of thioether (sulfide) groups is 1. The van der Waals surface area contributed by atoms with Gasteiger partial charge in [0, 0.05) is 22.0 Å². The molecule has 0 N–H and O–H groups in total. The van der Waals surface area contributed by atoms with E-state index in [1.165, 1.54) is 17.8 Å². The highest BCUT2D eigenvalue weighted by molar-refractivity contribution is 9.10. The minimum Gasteiger partial charge on any atom is -0.258 e. The molecule has 4 nitrogen and oxygen atoms in total. The Morgan fingerprint density at radius 1 is 1.24 bits per heavy atom. The summed E-state index contributed by atoms with van der Waals surface area (Å²) >= 11 is 4.70. The Bertz CT molecular complexity index is 818. The molecule has 0 saturated carbocycles. The van der Waals surface area contributed by atoms with Gasteiger partial charge < -0.3 is 0 Å². The second kappa shape index (κ2) is 5.73. The van der Waals surface area contributed by atoms with E-state index in [2.05, 4.69) is 31.1 Å². The van der Waals surface area contributed by atoms with Gasteiger partial charge in [-0.15, -0.1) is 10.2 Å². The van der Waals surface area contributed by atoms with Crippen LogP contribution >= 0.6 is 27.7 Å². The van der Waals surface area contributed by atoms with Gasteiger partial charge in [0.15, 0.2) is 10.8 Å². The lowest BCUT2D eigenvalue weighted by Crippen LogP contribution is -1.99. The van der Waals surface area contributed by atoms with Crippen LogP contribution in [0.3, 0.4) is 0 Å². The van der Waals surface area contributed by atoms with E-state index >= 15 is 0 Å². The molecule has 0 fully saturated rings. The second-order valence-corrected chi connectivity index (χ2v) is 6.50. The molecule has 0 aliphatic carbocycles. The number of nitrogens with zero attached hydrogens (tertiary/aromatic N) is 4. The zero-order valence-electron chi connectivity index (χ0n) is 11.5. The van der Waals surface area contributed by atoms with Crippen LogP contribution in [0, 0.1) is 19.7 Å². The number of aryl methyl sites for hydroxylation is 2. The molecule has 0 atom stereocenters. The fourth-order valence-electron chi connectivity index (χ4n) is 2.08. The largest absolute Gasteiger partial charge is 0.258 e. The van der Waals surface area contributed by atoms with Crippen molar-refractivity contribution in [3.05, 3.63) is 51.6 Å². The van der Waals surface area contributed by atoms with Crippen LogP contribution in [0.5, 0.6) is 0 Å². The SMILES string of the molecule is Cc1cc2nnc(SCc3ccc(Br)cc3F)n2c(C)n1. The van der Waals surface area contributed by atoms with Crippen LogP contribution in [0.1, 0.15) is 17.1 Å². The van der Waals surface area contributed by atoms with E-state index in [0.29, 0.717) is 11.3 Å². The van der Waals surface area contributed by atoms with Gasteiger partial charge in [-0.1, -0.05) is 33.8 Å². The number of aromatic nitrogens is 4. The summed E-state index contributed by atoms with van der Waals surface area (Å²) in [6.45, 7) is 3.83. The predicted octanol–water partition coefficient (Wildman–Crippen LogP) is 3.94. The highest BCUT2D eigenvalue weighted by atomic mass is 79.9. The molecule has 0 radical (unpaired) electrons. The number of fused-ring (bicyclic) bond motifs is 1. The Labute approximate surface area is 133 Å². The summed E-state index contributed by atoms with van der Waals surface area (Å²) in [6.07, 6.45) is 0. The lowest BCUT2D eigenvalue weighted by atomic mass is 10.2. The average molecular weight is 367 g/mol. The van der Waals surface area contributed by atoms with Crippen LogP contribution in [0.2, 0.25) is 0 Å². The summed E-state index contributed by atoms with van der Waals surface area (Å²) in [6, 6.07) is 6.94. The molecule has 1 aromatic carbocycles. The molecule has 3 rings (SSSR count). The monoisotopic (exact) mass is 366 g/mol. The van der Waals surface area contributed by atoms with E-state index in [1.54, 1.807) is 6.07 Å². The summed E-state index contributed by atoms with van der Waals surface area (Å²) in [5.74, 6) is 1.10. The number of hydrogen-bond donors (Lipinski definition) is 0. The molecule has 7 heteroatoms. The number of rotatable bonds is 3. The first-order valence-corrected chi connectivity index (χ1v) is 8.08. The van der Waals surface area contributed by atoms with Crippen LogP contribution in [-0.4, -0.2) is 19.6 Å². The van der Waals surface area contributed by atoms with Gasteiger partial charge in [0.05, 0.1) is 0 Å². The lowest BCUT2D eigenvalue weighted by molar-refractivity contribution is 0.616. The third-order valence-corrected chi connectivity index (χ3v) is 4.50. The summed E-state index contributed by atoms with van der Waals surface area (Å²) in [7, 11) is 0. The quantitative estimate of drug-likeness (QED) is 0.658. The molecule has 0 saturated heterocycles. The molecule has 21 heavy (non-hydrogen) atoms. The molecule has 0 aliphatic heterocycles. The topological polar surface area (TPSA) is 43.1 Å². The molecule has 3 aromatic rings. The molecule has 0 bridgehead atoms. The van der Waals surface area contributed by atoms with Gasteiger partial charge in [-0.05, 0) is 31.5 Å². The van der Waals surface area contributed by atoms with Crippen molar-refractivity contribution in [2.24, 2.45) is 0 Å². The maximum absolute atomic E-state index is 13.8. The maximum Gasteiger partial charge on any atom is 0.197 e. The Hall–Kier alpha value is -1.47. The molecule has 108 valence electrons. The van der Waals surface area contributed by atoms with Gasteiger partial charge in [0.25, 0.3) is 0 Å². The van der Waals surface area contributed by atoms with Gasteiger partial charge in [0.2, 0.25) is 0 Å². The van der Waals surface area contributed by atoms with Crippen LogP contribution < -0.4 is 0 Å². The summed E-state index contributed by atoms with van der Waals surface area (Å²) in [5, 5.41) is 9.02.